The number of rotatable bonds is 4. The van der Waals surface area contributed by atoms with Crippen molar-refractivity contribution in [3.8, 4) is 11.3 Å². The fourth-order valence-corrected chi connectivity index (χ4v) is 2.91. The van der Waals surface area contributed by atoms with Crippen LogP contribution < -0.4 is 5.32 Å². The molecule has 0 bridgehead atoms. The number of anilines is 1. The van der Waals surface area contributed by atoms with Gasteiger partial charge in [-0.2, -0.15) is 18.3 Å². The van der Waals surface area contributed by atoms with Gasteiger partial charge < -0.3 is 5.32 Å². The molecule has 0 radical (unpaired) electrons. The van der Waals surface area contributed by atoms with Crippen LogP contribution in [0.1, 0.15) is 40.4 Å². The zero-order valence-electron chi connectivity index (χ0n) is 14.9. The lowest BCUT2D eigenvalue weighted by molar-refractivity contribution is -0.137. The zero-order valence-corrected chi connectivity index (χ0v) is 14.9. The molecule has 28 heavy (non-hydrogen) atoms. The van der Waals surface area contributed by atoms with Gasteiger partial charge in [0.15, 0.2) is 0 Å². The number of pyridine rings is 2. The molecule has 0 atom stereocenters. The van der Waals surface area contributed by atoms with E-state index in [2.05, 4.69) is 20.4 Å². The second-order valence-corrected chi connectivity index (χ2v) is 6.69. The van der Waals surface area contributed by atoms with Crippen molar-refractivity contribution in [2.75, 3.05) is 5.32 Å². The van der Waals surface area contributed by atoms with Crippen molar-refractivity contribution >= 4 is 11.7 Å². The quantitative estimate of drug-likeness (QED) is 0.734. The minimum Gasteiger partial charge on any atom is -0.306 e. The number of halogens is 3. The molecule has 0 saturated heterocycles. The van der Waals surface area contributed by atoms with Gasteiger partial charge in [-0.3, -0.25) is 14.5 Å². The van der Waals surface area contributed by atoms with Gasteiger partial charge in [0.25, 0.3) is 5.91 Å². The molecule has 3 aromatic rings. The van der Waals surface area contributed by atoms with Crippen molar-refractivity contribution in [1.29, 1.82) is 0 Å². The minimum absolute atomic E-state index is 0.0160. The van der Waals surface area contributed by atoms with Crippen LogP contribution in [-0.2, 0) is 13.2 Å². The van der Waals surface area contributed by atoms with Crippen LogP contribution in [0.25, 0.3) is 11.3 Å². The number of amides is 1. The first-order chi connectivity index (χ1) is 13.3. The number of aromatic nitrogens is 4. The Morgan fingerprint density at radius 2 is 2.07 bits per heavy atom. The van der Waals surface area contributed by atoms with Gasteiger partial charge in [0.1, 0.15) is 5.82 Å². The van der Waals surface area contributed by atoms with E-state index in [1.165, 1.54) is 6.20 Å². The third kappa shape index (κ3) is 3.73. The van der Waals surface area contributed by atoms with Crippen LogP contribution in [-0.4, -0.2) is 25.7 Å². The SMILES string of the molecule is Cn1cc(-c2ncccc2C(=O)Nc2cc(C(F)(F)F)cc(C3CC3)n2)cn1. The summed E-state index contributed by atoms with van der Waals surface area (Å²) in [5.41, 5.74) is 0.774. The van der Waals surface area contributed by atoms with Crippen molar-refractivity contribution in [1.82, 2.24) is 19.7 Å². The summed E-state index contributed by atoms with van der Waals surface area (Å²) in [6, 6.07) is 5.05. The van der Waals surface area contributed by atoms with Crippen LogP contribution >= 0.6 is 0 Å². The highest BCUT2D eigenvalue weighted by molar-refractivity contribution is 6.07. The lowest BCUT2D eigenvalue weighted by Gasteiger charge is -2.13. The Bertz CT molecular complexity index is 1040. The predicted molar refractivity (Wildman–Crippen MR) is 95.6 cm³/mol. The standard InChI is InChI=1S/C19H16F3N5O/c1-27-10-12(9-24-27)17-14(3-2-6-23-17)18(28)26-16-8-13(19(20,21)22)7-15(25-16)11-4-5-11/h2-3,6-11H,4-5H2,1H3,(H,25,26,28). The molecule has 3 heterocycles. The van der Waals surface area contributed by atoms with Crippen LogP contribution in [0.2, 0.25) is 0 Å². The normalized spacial score (nSPS) is 14.1. The molecule has 9 heteroatoms. The molecule has 1 N–H and O–H groups in total. The number of aryl methyl sites for hydroxylation is 1. The summed E-state index contributed by atoms with van der Waals surface area (Å²) in [5, 5.41) is 6.56. The maximum Gasteiger partial charge on any atom is 0.416 e. The second-order valence-electron chi connectivity index (χ2n) is 6.69. The highest BCUT2D eigenvalue weighted by Gasteiger charge is 2.34. The highest BCUT2D eigenvalue weighted by atomic mass is 19.4. The van der Waals surface area contributed by atoms with E-state index in [1.54, 1.807) is 36.3 Å². The van der Waals surface area contributed by atoms with Crippen molar-refractivity contribution in [3.05, 3.63) is 59.7 Å². The molecule has 0 spiro atoms. The molecule has 1 aliphatic rings. The van der Waals surface area contributed by atoms with Gasteiger partial charge in [-0.15, -0.1) is 0 Å². The Hall–Kier alpha value is -3.23. The maximum absolute atomic E-state index is 13.2. The monoisotopic (exact) mass is 387 g/mol. The van der Waals surface area contributed by atoms with E-state index < -0.39 is 17.6 Å². The lowest BCUT2D eigenvalue weighted by atomic mass is 10.1. The van der Waals surface area contributed by atoms with Gasteiger partial charge in [0.2, 0.25) is 0 Å². The molecule has 4 rings (SSSR count). The third-order valence-electron chi connectivity index (χ3n) is 4.44. The number of nitrogens with one attached hydrogen (secondary N) is 1. The Balaban J connectivity index is 1.67. The second kappa shape index (κ2) is 6.74. The van der Waals surface area contributed by atoms with Crippen molar-refractivity contribution < 1.29 is 18.0 Å². The van der Waals surface area contributed by atoms with Gasteiger partial charge in [0, 0.05) is 36.6 Å². The fourth-order valence-electron chi connectivity index (χ4n) is 2.91. The number of carbonyl (C=O) groups excluding carboxylic acids is 1. The average molecular weight is 387 g/mol. The van der Waals surface area contributed by atoms with E-state index in [4.69, 9.17) is 0 Å². The molecule has 0 aliphatic heterocycles. The molecule has 3 aromatic heterocycles. The van der Waals surface area contributed by atoms with E-state index in [1.807, 2.05) is 0 Å². The first-order valence-corrected chi connectivity index (χ1v) is 8.66. The molecule has 1 saturated carbocycles. The smallest absolute Gasteiger partial charge is 0.306 e. The molecule has 144 valence electrons. The van der Waals surface area contributed by atoms with Gasteiger partial charge in [0.05, 0.1) is 23.0 Å². The summed E-state index contributed by atoms with van der Waals surface area (Å²) in [6.45, 7) is 0. The highest BCUT2D eigenvalue weighted by Crippen LogP contribution is 2.41. The summed E-state index contributed by atoms with van der Waals surface area (Å²) in [4.78, 5) is 21.2. The number of nitrogens with zero attached hydrogens (tertiary/aromatic N) is 4. The molecule has 6 nitrogen and oxygen atoms in total. The van der Waals surface area contributed by atoms with E-state index in [9.17, 15) is 18.0 Å². The number of alkyl halides is 3. The van der Waals surface area contributed by atoms with Gasteiger partial charge in [-0.05, 0) is 37.1 Å². The third-order valence-corrected chi connectivity index (χ3v) is 4.44. The molecule has 0 unspecified atom stereocenters. The molecule has 1 aliphatic carbocycles. The Morgan fingerprint density at radius 1 is 1.29 bits per heavy atom. The van der Waals surface area contributed by atoms with E-state index in [0.29, 0.717) is 17.0 Å². The minimum atomic E-state index is -4.51. The van der Waals surface area contributed by atoms with Gasteiger partial charge in [-0.1, -0.05) is 0 Å². The molecular weight excluding hydrogens is 371 g/mol. The van der Waals surface area contributed by atoms with Crippen LogP contribution in [0, 0.1) is 0 Å². The van der Waals surface area contributed by atoms with Crippen LogP contribution in [0.4, 0.5) is 19.0 Å². The van der Waals surface area contributed by atoms with Crippen molar-refractivity contribution in [2.24, 2.45) is 7.05 Å². The number of hydrogen-bond acceptors (Lipinski definition) is 4. The Labute approximate surface area is 158 Å². The van der Waals surface area contributed by atoms with E-state index in [-0.39, 0.29) is 17.3 Å². The molecule has 1 fully saturated rings. The van der Waals surface area contributed by atoms with Crippen LogP contribution in [0.15, 0.2) is 42.9 Å². The fraction of sp³-hybridized carbons (Fsp3) is 0.263. The summed E-state index contributed by atoms with van der Waals surface area (Å²) >= 11 is 0. The summed E-state index contributed by atoms with van der Waals surface area (Å²) in [6.07, 6.45) is 1.89. The van der Waals surface area contributed by atoms with Gasteiger partial charge in [-0.25, -0.2) is 4.98 Å². The summed E-state index contributed by atoms with van der Waals surface area (Å²) in [7, 11) is 1.73. The summed E-state index contributed by atoms with van der Waals surface area (Å²) in [5.74, 6) is -0.689. The van der Waals surface area contributed by atoms with E-state index >= 15 is 0 Å². The summed E-state index contributed by atoms with van der Waals surface area (Å²) < 4.78 is 41.2. The zero-order chi connectivity index (χ0) is 19.9. The van der Waals surface area contributed by atoms with Gasteiger partial charge >= 0.3 is 6.18 Å². The lowest BCUT2D eigenvalue weighted by Crippen LogP contribution is -2.16. The predicted octanol–water partition coefficient (Wildman–Crippen LogP) is 4.03. The van der Waals surface area contributed by atoms with Crippen molar-refractivity contribution in [3.63, 3.8) is 0 Å². The molecule has 0 aromatic carbocycles. The maximum atomic E-state index is 13.2. The Morgan fingerprint density at radius 3 is 2.71 bits per heavy atom. The number of hydrogen-bond donors (Lipinski definition) is 1. The molecular formula is C19H16F3N5O. The first-order valence-electron chi connectivity index (χ1n) is 8.66. The van der Waals surface area contributed by atoms with E-state index in [0.717, 1.165) is 25.0 Å². The first kappa shape index (κ1) is 18.1. The van der Waals surface area contributed by atoms with Crippen LogP contribution in [0.5, 0.6) is 0 Å². The largest absolute Gasteiger partial charge is 0.416 e. The topological polar surface area (TPSA) is 72.7 Å². The van der Waals surface area contributed by atoms with Crippen LogP contribution in [0.3, 0.4) is 0 Å². The molecule has 1 amide bonds. The van der Waals surface area contributed by atoms with Crippen molar-refractivity contribution in [2.45, 2.75) is 24.9 Å². The average Bonchev–Trinajstić information content (AvgIpc) is 3.42. The Kier molecular flexibility index (Phi) is 4.37. The number of carbonyl (C=O) groups is 1.